The van der Waals surface area contributed by atoms with Gasteiger partial charge in [-0.3, -0.25) is 14.7 Å². The molecule has 1 aromatic carbocycles. The second-order valence-electron chi connectivity index (χ2n) is 3.07. The summed E-state index contributed by atoms with van der Waals surface area (Å²) in [5, 5.41) is 5.93. The monoisotopic (exact) mass is 216 g/mol. The highest BCUT2D eigenvalue weighted by Gasteiger charge is 2.16. The molecule has 3 N–H and O–H groups in total. The van der Waals surface area contributed by atoms with Crippen molar-refractivity contribution in [3.05, 3.63) is 47.5 Å². The van der Waals surface area contributed by atoms with Gasteiger partial charge >= 0.3 is 0 Å². The molecule has 6 nitrogen and oxygen atoms in total. The van der Waals surface area contributed by atoms with Gasteiger partial charge < -0.3 is 5.73 Å². The van der Waals surface area contributed by atoms with Gasteiger partial charge in [0.25, 0.3) is 5.91 Å². The van der Waals surface area contributed by atoms with Crippen LogP contribution in [0.15, 0.2) is 30.3 Å². The van der Waals surface area contributed by atoms with Crippen LogP contribution in [0.5, 0.6) is 0 Å². The molecule has 1 amide bonds. The van der Waals surface area contributed by atoms with E-state index in [1.165, 1.54) is 0 Å². The van der Waals surface area contributed by atoms with E-state index in [0.29, 0.717) is 5.56 Å². The van der Waals surface area contributed by atoms with Gasteiger partial charge in [-0.25, -0.2) is 0 Å². The minimum absolute atomic E-state index is 0.0694. The molecule has 2 rings (SSSR count). The number of H-pyrrole nitrogens is 1. The highest BCUT2D eigenvalue weighted by atomic mass is 16.1. The molecular formula is C10H8N4O2. The molecule has 0 aliphatic rings. The molecule has 0 unspecified atom stereocenters. The summed E-state index contributed by atoms with van der Waals surface area (Å²) in [5.74, 6) is -1.30. The maximum absolute atomic E-state index is 11.8. The summed E-state index contributed by atoms with van der Waals surface area (Å²) in [4.78, 5) is 26.2. The Bertz CT molecular complexity index is 533. The summed E-state index contributed by atoms with van der Waals surface area (Å²) < 4.78 is 0. The Morgan fingerprint density at radius 2 is 1.88 bits per heavy atom. The third-order valence-electron chi connectivity index (χ3n) is 1.96. The number of ketones is 1. The van der Waals surface area contributed by atoms with E-state index in [4.69, 9.17) is 5.73 Å². The Balaban J connectivity index is 2.31. The topological polar surface area (TPSA) is 102 Å². The largest absolute Gasteiger partial charge is 0.363 e. The highest BCUT2D eigenvalue weighted by molar-refractivity contribution is 6.06. The number of nitrogens with two attached hydrogens (primary N) is 1. The number of nitrogens with one attached hydrogen (secondary N) is 1. The molecule has 0 aliphatic carbocycles. The Morgan fingerprint density at radius 1 is 1.19 bits per heavy atom. The van der Waals surface area contributed by atoms with Crippen molar-refractivity contribution in [1.29, 1.82) is 0 Å². The minimum Gasteiger partial charge on any atom is -0.363 e. The fourth-order valence-electron chi connectivity index (χ4n) is 1.19. The van der Waals surface area contributed by atoms with E-state index in [2.05, 4.69) is 15.2 Å². The molecule has 1 aromatic heterocycles. The van der Waals surface area contributed by atoms with E-state index >= 15 is 0 Å². The molecule has 0 fully saturated rings. The van der Waals surface area contributed by atoms with Crippen LogP contribution in [-0.4, -0.2) is 26.9 Å². The molecule has 0 saturated heterocycles. The lowest BCUT2D eigenvalue weighted by molar-refractivity contribution is 0.0991. The van der Waals surface area contributed by atoms with E-state index in [0.717, 1.165) is 0 Å². The average molecular weight is 216 g/mol. The fraction of sp³-hybridized carbons (Fsp3) is 0. The van der Waals surface area contributed by atoms with Crippen LogP contribution >= 0.6 is 0 Å². The summed E-state index contributed by atoms with van der Waals surface area (Å²) >= 11 is 0. The predicted octanol–water partition coefficient (Wildman–Crippen LogP) is 0.135. The van der Waals surface area contributed by atoms with Crippen molar-refractivity contribution in [2.24, 2.45) is 5.73 Å². The maximum atomic E-state index is 11.8. The van der Waals surface area contributed by atoms with Crippen LogP contribution in [0.3, 0.4) is 0 Å². The molecule has 0 saturated carbocycles. The molecule has 0 radical (unpaired) electrons. The SMILES string of the molecule is NC(=O)c1nc(C(=O)c2ccccc2)n[nH]1. The number of aromatic nitrogens is 3. The van der Waals surface area contributed by atoms with Gasteiger partial charge in [0, 0.05) is 5.56 Å². The number of rotatable bonds is 3. The summed E-state index contributed by atoms with van der Waals surface area (Å²) in [6, 6.07) is 8.54. The van der Waals surface area contributed by atoms with Crippen LogP contribution < -0.4 is 5.73 Å². The van der Waals surface area contributed by atoms with Gasteiger partial charge in [0.15, 0.2) is 0 Å². The lowest BCUT2D eigenvalue weighted by atomic mass is 10.1. The highest BCUT2D eigenvalue weighted by Crippen LogP contribution is 2.05. The fourth-order valence-corrected chi connectivity index (χ4v) is 1.19. The molecule has 0 aliphatic heterocycles. The summed E-state index contributed by atoms with van der Waals surface area (Å²) in [5.41, 5.74) is 5.44. The quantitative estimate of drug-likeness (QED) is 0.712. The van der Waals surface area contributed by atoms with Gasteiger partial charge in [0.05, 0.1) is 0 Å². The summed E-state index contributed by atoms with van der Waals surface area (Å²) in [6.45, 7) is 0. The van der Waals surface area contributed by atoms with Crippen LogP contribution in [-0.2, 0) is 0 Å². The van der Waals surface area contributed by atoms with Crippen LogP contribution in [0.4, 0.5) is 0 Å². The van der Waals surface area contributed by atoms with Gasteiger partial charge in [-0.15, -0.1) is 5.10 Å². The molecule has 0 atom stereocenters. The van der Waals surface area contributed by atoms with Crippen LogP contribution in [0.2, 0.25) is 0 Å². The van der Waals surface area contributed by atoms with Gasteiger partial charge in [-0.05, 0) is 0 Å². The number of nitrogens with zero attached hydrogens (tertiary/aromatic N) is 2. The van der Waals surface area contributed by atoms with Crippen LogP contribution in [0.25, 0.3) is 0 Å². The molecule has 0 bridgehead atoms. The van der Waals surface area contributed by atoms with Crippen molar-refractivity contribution >= 4 is 11.7 Å². The molecule has 2 aromatic rings. The van der Waals surface area contributed by atoms with Crippen molar-refractivity contribution in [2.75, 3.05) is 0 Å². The molecule has 16 heavy (non-hydrogen) atoms. The Kier molecular flexibility index (Phi) is 2.47. The number of amides is 1. The predicted molar refractivity (Wildman–Crippen MR) is 54.8 cm³/mol. The van der Waals surface area contributed by atoms with Crippen molar-refractivity contribution in [3.8, 4) is 0 Å². The third-order valence-corrected chi connectivity index (χ3v) is 1.96. The van der Waals surface area contributed by atoms with Crippen molar-refractivity contribution < 1.29 is 9.59 Å². The molecular weight excluding hydrogens is 208 g/mol. The number of primary amides is 1. The van der Waals surface area contributed by atoms with E-state index in [-0.39, 0.29) is 17.4 Å². The minimum atomic E-state index is -0.750. The van der Waals surface area contributed by atoms with Gasteiger partial charge in [-0.2, -0.15) is 4.98 Å². The zero-order valence-corrected chi connectivity index (χ0v) is 8.18. The Hall–Kier alpha value is -2.50. The van der Waals surface area contributed by atoms with Gasteiger partial charge in [0.1, 0.15) is 0 Å². The second kappa shape index (κ2) is 3.93. The molecule has 1 heterocycles. The normalized spacial score (nSPS) is 10.0. The maximum Gasteiger partial charge on any atom is 0.286 e. The van der Waals surface area contributed by atoms with Gasteiger partial charge in [-0.1, -0.05) is 30.3 Å². The van der Waals surface area contributed by atoms with Crippen molar-refractivity contribution in [2.45, 2.75) is 0 Å². The number of carbonyl (C=O) groups is 2. The zero-order valence-electron chi connectivity index (χ0n) is 8.18. The lowest BCUT2D eigenvalue weighted by Gasteiger charge is -1.93. The average Bonchev–Trinajstić information content (AvgIpc) is 2.78. The lowest BCUT2D eigenvalue weighted by Crippen LogP contribution is -2.13. The van der Waals surface area contributed by atoms with E-state index in [9.17, 15) is 9.59 Å². The van der Waals surface area contributed by atoms with Gasteiger partial charge in [0.2, 0.25) is 17.4 Å². The van der Waals surface area contributed by atoms with E-state index in [1.54, 1.807) is 30.3 Å². The third kappa shape index (κ3) is 1.81. The van der Waals surface area contributed by atoms with Crippen LogP contribution in [0.1, 0.15) is 26.8 Å². The van der Waals surface area contributed by atoms with E-state index < -0.39 is 5.91 Å². The second-order valence-corrected chi connectivity index (χ2v) is 3.07. The number of hydrogen-bond acceptors (Lipinski definition) is 4. The number of carbonyl (C=O) groups excluding carboxylic acids is 2. The van der Waals surface area contributed by atoms with Crippen molar-refractivity contribution in [1.82, 2.24) is 15.2 Å². The Labute approximate surface area is 90.5 Å². The van der Waals surface area contributed by atoms with E-state index in [1.807, 2.05) is 0 Å². The number of hydrogen-bond donors (Lipinski definition) is 2. The summed E-state index contributed by atoms with van der Waals surface area (Å²) in [7, 11) is 0. The zero-order chi connectivity index (χ0) is 11.5. The number of aromatic amines is 1. The van der Waals surface area contributed by atoms with Crippen molar-refractivity contribution in [3.63, 3.8) is 0 Å². The standard InChI is InChI=1S/C10H8N4O2/c11-8(16)10-12-9(13-14-10)7(15)6-4-2-1-3-5-6/h1-5H,(H2,11,16)(H,12,13,14). The Morgan fingerprint density at radius 3 is 2.44 bits per heavy atom. The molecule has 80 valence electrons. The smallest absolute Gasteiger partial charge is 0.286 e. The first-order valence-electron chi connectivity index (χ1n) is 4.50. The van der Waals surface area contributed by atoms with Crippen LogP contribution in [0, 0.1) is 0 Å². The first-order chi connectivity index (χ1) is 7.68. The molecule has 6 heteroatoms. The first kappa shape index (κ1) is 10.0. The molecule has 0 spiro atoms. The summed E-state index contributed by atoms with van der Waals surface area (Å²) in [6.07, 6.45) is 0. The number of benzene rings is 1. The first-order valence-corrected chi connectivity index (χ1v) is 4.50.